The van der Waals surface area contributed by atoms with Crippen LogP contribution >= 0.6 is 34.5 Å². The average molecular weight is 326 g/mol. The molecule has 0 aliphatic carbocycles. The number of nitrogens with one attached hydrogen (secondary N) is 1. The first kappa shape index (κ1) is 14.0. The molecule has 104 valence electrons. The highest BCUT2D eigenvalue weighted by Gasteiger charge is 2.22. The molecule has 0 amide bonds. The van der Waals surface area contributed by atoms with E-state index >= 15 is 0 Å². The summed E-state index contributed by atoms with van der Waals surface area (Å²) >= 11 is 14.0. The fraction of sp³-hybridized carbons (Fsp3) is 0.200. The van der Waals surface area contributed by atoms with E-state index in [0.29, 0.717) is 5.02 Å². The van der Waals surface area contributed by atoms with E-state index in [9.17, 15) is 0 Å². The Morgan fingerprint density at radius 3 is 2.70 bits per heavy atom. The zero-order valence-electron chi connectivity index (χ0n) is 11.0. The summed E-state index contributed by atoms with van der Waals surface area (Å²) in [6, 6.07) is 7.57. The third-order valence-corrected chi connectivity index (χ3v) is 5.27. The summed E-state index contributed by atoms with van der Waals surface area (Å²) in [4.78, 5) is 1.07. The molecule has 0 fully saturated rings. The fourth-order valence-electron chi connectivity index (χ4n) is 2.22. The first-order valence-corrected chi connectivity index (χ1v) is 7.83. The van der Waals surface area contributed by atoms with Crippen molar-refractivity contribution in [1.82, 2.24) is 5.32 Å². The molecule has 3 aromatic rings. The maximum absolute atomic E-state index is 6.36. The number of furan rings is 1. The molecule has 0 saturated heterocycles. The van der Waals surface area contributed by atoms with E-state index in [-0.39, 0.29) is 6.04 Å². The van der Waals surface area contributed by atoms with Gasteiger partial charge in [-0.25, -0.2) is 0 Å². The number of aryl methyl sites for hydroxylation is 1. The van der Waals surface area contributed by atoms with Crippen LogP contribution < -0.4 is 5.32 Å². The molecule has 0 aliphatic heterocycles. The molecule has 0 saturated carbocycles. The highest BCUT2D eigenvalue weighted by atomic mass is 35.5. The van der Waals surface area contributed by atoms with Gasteiger partial charge in [0.1, 0.15) is 17.4 Å². The van der Waals surface area contributed by atoms with Gasteiger partial charge in [-0.1, -0.05) is 23.2 Å². The maximum atomic E-state index is 6.36. The van der Waals surface area contributed by atoms with Crippen molar-refractivity contribution >= 4 is 45.5 Å². The topological polar surface area (TPSA) is 25.2 Å². The first-order valence-electron chi connectivity index (χ1n) is 6.20. The number of halogens is 2. The Labute approximate surface area is 131 Å². The van der Waals surface area contributed by atoms with Crippen molar-refractivity contribution in [1.29, 1.82) is 0 Å². The van der Waals surface area contributed by atoms with Crippen LogP contribution in [0.25, 0.3) is 11.0 Å². The summed E-state index contributed by atoms with van der Waals surface area (Å²) in [6.45, 7) is 2.01. The molecule has 2 nitrogen and oxygen atoms in total. The van der Waals surface area contributed by atoms with Gasteiger partial charge < -0.3 is 9.73 Å². The Balaban J connectivity index is 2.09. The maximum Gasteiger partial charge on any atom is 0.134 e. The lowest BCUT2D eigenvalue weighted by molar-refractivity contribution is 0.495. The summed E-state index contributed by atoms with van der Waals surface area (Å²) in [7, 11) is 1.90. The van der Waals surface area contributed by atoms with Crippen LogP contribution in [0.3, 0.4) is 0 Å². The van der Waals surface area contributed by atoms with Crippen LogP contribution in [0.15, 0.2) is 34.1 Å². The van der Waals surface area contributed by atoms with Crippen molar-refractivity contribution in [3.63, 3.8) is 0 Å². The smallest absolute Gasteiger partial charge is 0.134 e. The van der Waals surface area contributed by atoms with Crippen LogP contribution in [0.2, 0.25) is 10.0 Å². The summed E-state index contributed by atoms with van der Waals surface area (Å²) in [5, 5.41) is 7.82. The average Bonchev–Trinajstić information content (AvgIpc) is 2.97. The standard InChI is InChI=1S/C15H13Cl2NOS/c1-8-7-20-15(13(8)17)14(18-2)12-6-9-5-10(16)3-4-11(9)19-12/h3-7,14,18H,1-2H3. The van der Waals surface area contributed by atoms with Gasteiger partial charge in [0.05, 0.1) is 5.02 Å². The van der Waals surface area contributed by atoms with E-state index in [1.807, 2.05) is 38.2 Å². The second-order valence-electron chi connectivity index (χ2n) is 4.65. The van der Waals surface area contributed by atoms with Gasteiger partial charge >= 0.3 is 0 Å². The molecule has 0 spiro atoms. The second-order valence-corrected chi connectivity index (χ2v) is 6.38. The van der Waals surface area contributed by atoms with Crippen LogP contribution in [0, 0.1) is 6.92 Å². The molecule has 1 unspecified atom stereocenters. The van der Waals surface area contributed by atoms with Crippen LogP contribution in [0.4, 0.5) is 0 Å². The van der Waals surface area contributed by atoms with Crippen molar-refractivity contribution in [2.45, 2.75) is 13.0 Å². The van der Waals surface area contributed by atoms with Gasteiger partial charge in [0.25, 0.3) is 0 Å². The number of benzene rings is 1. The second kappa shape index (κ2) is 5.41. The Morgan fingerprint density at radius 1 is 1.25 bits per heavy atom. The highest BCUT2D eigenvalue weighted by Crippen LogP contribution is 2.37. The minimum absolute atomic E-state index is 0.0487. The van der Waals surface area contributed by atoms with Crippen molar-refractivity contribution in [3.05, 3.63) is 55.9 Å². The van der Waals surface area contributed by atoms with E-state index in [4.69, 9.17) is 27.6 Å². The Kier molecular flexibility index (Phi) is 3.78. The lowest BCUT2D eigenvalue weighted by Gasteiger charge is -2.12. The minimum atomic E-state index is -0.0487. The van der Waals surface area contributed by atoms with Crippen molar-refractivity contribution in [2.24, 2.45) is 0 Å². The Hall–Kier alpha value is -1.00. The molecule has 5 heteroatoms. The van der Waals surface area contributed by atoms with Crippen LogP contribution in [-0.2, 0) is 0 Å². The summed E-state index contributed by atoms with van der Waals surface area (Å²) in [5.74, 6) is 0.841. The Bertz CT molecular complexity index is 762. The van der Waals surface area contributed by atoms with Gasteiger partial charge in [-0.2, -0.15) is 0 Å². The molecule has 2 aromatic heterocycles. The highest BCUT2D eigenvalue weighted by molar-refractivity contribution is 7.10. The lowest BCUT2D eigenvalue weighted by atomic mass is 10.1. The third-order valence-electron chi connectivity index (χ3n) is 3.26. The molecule has 1 N–H and O–H groups in total. The molecule has 1 atom stereocenters. The van der Waals surface area contributed by atoms with E-state index in [2.05, 4.69) is 10.7 Å². The van der Waals surface area contributed by atoms with Crippen molar-refractivity contribution in [3.8, 4) is 0 Å². The lowest BCUT2D eigenvalue weighted by Crippen LogP contribution is -2.16. The Morgan fingerprint density at radius 2 is 2.05 bits per heavy atom. The predicted molar refractivity (Wildman–Crippen MR) is 86.2 cm³/mol. The molecule has 20 heavy (non-hydrogen) atoms. The number of fused-ring (bicyclic) bond motifs is 1. The van der Waals surface area contributed by atoms with Gasteiger partial charge in [0.15, 0.2) is 0 Å². The fourth-order valence-corrected chi connectivity index (χ4v) is 3.82. The van der Waals surface area contributed by atoms with Crippen LogP contribution in [0.5, 0.6) is 0 Å². The zero-order chi connectivity index (χ0) is 14.3. The molecule has 3 rings (SSSR count). The van der Waals surface area contributed by atoms with Gasteiger partial charge in [-0.3, -0.25) is 0 Å². The first-order chi connectivity index (χ1) is 9.60. The summed E-state index contributed by atoms with van der Waals surface area (Å²) in [5.41, 5.74) is 1.92. The van der Waals surface area contributed by atoms with E-state index in [1.54, 1.807) is 11.3 Å². The zero-order valence-corrected chi connectivity index (χ0v) is 13.4. The van der Waals surface area contributed by atoms with Crippen LogP contribution in [-0.4, -0.2) is 7.05 Å². The predicted octanol–water partition coefficient (Wildman–Crippen LogP) is 5.42. The summed E-state index contributed by atoms with van der Waals surface area (Å²) < 4.78 is 5.92. The van der Waals surface area contributed by atoms with Gasteiger partial charge in [0, 0.05) is 15.3 Å². The van der Waals surface area contributed by atoms with Crippen LogP contribution in [0.1, 0.15) is 22.2 Å². The van der Waals surface area contributed by atoms with E-state index < -0.39 is 0 Å². The largest absolute Gasteiger partial charge is 0.459 e. The normalized spacial score (nSPS) is 13.0. The molecular weight excluding hydrogens is 313 g/mol. The number of rotatable bonds is 3. The molecule has 1 aromatic carbocycles. The molecule has 0 bridgehead atoms. The van der Waals surface area contributed by atoms with E-state index in [0.717, 1.165) is 32.2 Å². The summed E-state index contributed by atoms with van der Waals surface area (Å²) in [6.07, 6.45) is 0. The van der Waals surface area contributed by atoms with Crippen molar-refractivity contribution < 1.29 is 4.42 Å². The monoisotopic (exact) mass is 325 g/mol. The molecule has 0 aliphatic rings. The van der Waals surface area contributed by atoms with E-state index in [1.165, 1.54) is 0 Å². The van der Waals surface area contributed by atoms with Crippen molar-refractivity contribution in [2.75, 3.05) is 7.05 Å². The molecule has 0 radical (unpaired) electrons. The minimum Gasteiger partial charge on any atom is -0.459 e. The number of thiophene rings is 1. The third kappa shape index (κ3) is 2.35. The molecule has 2 heterocycles. The quantitative estimate of drug-likeness (QED) is 0.695. The van der Waals surface area contributed by atoms with Gasteiger partial charge in [0.2, 0.25) is 0 Å². The van der Waals surface area contributed by atoms with Gasteiger partial charge in [-0.15, -0.1) is 11.3 Å². The molecular formula is C15H13Cl2NOS. The number of hydrogen-bond acceptors (Lipinski definition) is 3. The number of hydrogen-bond donors (Lipinski definition) is 1. The van der Waals surface area contributed by atoms with Gasteiger partial charge in [-0.05, 0) is 49.2 Å². The SMILES string of the molecule is CNC(c1cc2cc(Cl)ccc2o1)c1scc(C)c1Cl.